The van der Waals surface area contributed by atoms with Gasteiger partial charge in [-0.3, -0.25) is 14.5 Å². The van der Waals surface area contributed by atoms with Gasteiger partial charge in [0.05, 0.1) is 6.04 Å². The van der Waals surface area contributed by atoms with Gasteiger partial charge in [0.2, 0.25) is 11.8 Å². The van der Waals surface area contributed by atoms with E-state index in [9.17, 15) is 9.59 Å². The van der Waals surface area contributed by atoms with E-state index < -0.39 is 0 Å². The Labute approximate surface area is 155 Å². The van der Waals surface area contributed by atoms with Gasteiger partial charge in [-0.25, -0.2) is 0 Å². The molecule has 0 spiro atoms. The molecular weight excluding hydrogens is 326 g/mol. The van der Waals surface area contributed by atoms with E-state index >= 15 is 0 Å². The third-order valence-electron chi connectivity index (χ3n) is 6.37. The number of hydrogen-bond acceptors (Lipinski definition) is 3. The monoisotopic (exact) mass is 355 g/mol. The highest BCUT2D eigenvalue weighted by atomic mass is 16.2. The summed E-state index contributed by atoms with van der Waals surface area (Å²) in [6.45, 7) is 4.68. The van der Waals surface area contributed by atoms with Gasteiger partial charge in [0.15, 0.2) is 0 Å². The first kappa shape index (κ1) is 17.5. The summed E-state index contributed by atoms with van der Waals surface area (Å²) >= 11 is 0. The molecule has 1 unspecified atom stereocenters. The molecule has 2 amide bonds. The van der Waals surface area contributed by atoms with Crippen molar-refractivity contribution in [2.75, 3.05) is 24.5 Å². The van der Waals surface area contributed by atoms with E-state index in [2.05, 4.69) is 10.2 Å². The molecule has 1 atom stereocenters. The van der Waals surface area contributed by atoms with E-state index in [1.807, 2.05) is 36.1 Å². The highest BCUT2D eigenvalue weighted by Gasteiger charge is 2.47. The van der Waals surface area contributed by atoms with E-state index in [1.54, 1.807) is 0 Å². The van der Waals surface area contributed by atoms with Crippen LogP contribution < -0.4 is 10.2 Å². The van der Waals surface area contributed by atoms with Gasteiger partial charge >= 0.3 is 0 Å². The van der Waals surface area contributed by atoms with Crippen molar-refractivity contribution in [3.05, 3.63) is 29.8 Å². The lowest BCUT2D eigenvalue weighted by Crippen LogP contribution is -2.58. The Bertz CT molecular complexity index is 673. The Morgan fingerprint density at radius 2 is 1.73 bits per heavy atom. The SMILES string of the molecule is Cc1ccc(N2CC(NC(=O)C3(N4CCCC4)CCCC3)CC2=O)cc1. The van der Waals surface area contributed by atoms with Crippen LogP contribution in [0.4, 0.5) is 5.69 Å². The zero-order chi connectivity index (χ0) is 18.1. The van der Waals surface area contributed by atoms with Gasteiger partial charge in [-0.15, -0.1) is 0 Å². The molecule has 1 aromatic rings. The lowest BCUT2D eigenvalue weighted by Gasteiger charge is -2.38. The molecule has 1 aliphatic carbocycles. The van der Waals surface area contributed by atoms with E-state index in [0.29, 0.717) is 13.0 Å². The zero-order valence-electron chi connectivity index (χ0n) is 15.7. The van der Waals surface area contributed by atoms with Crippen LogP contribution >= 0.6 is 0 Å². The normalized spacial score (nSPS) is 25.8. The molecule has 3 aliphatic rings. The zero-order valence-corrected chi connectivity index (χ0v) is 15.7. The Morgan fingerprint density at radius 3 is 2.38 bits per heavy atom. The molecule has 140 valence electrons. The van der Waals surface area contributed by atoms with E-state index in [-0.39, 0.29) is 23.4 Å². The highest BCUT2D eigenvalue weighted by molar-refractivity contribution is 5.97. The molecule has 2 saturated heterocycles. The van der Waals surface area contributed by atoms with Crippen molar-refractivity contribution in [2.24, 2.45) is 0 Å². The molecule has 4 rings (SSSR count). The molecule has 0 aromatic heterocycles. The molecule has 1 N–H and O–H groups in total. The van der Waals surface area contributed by atoms with Crippen LogP contribution in [0.3, 0.4) is 0 Å². The minimum absolute atomic E-state index is 0.0867. The maximum atomic E-state index is 13.2. The van der Waals surface area contributed by atoms with Gasteiger partial charge in [0, 0.05) is 18.7 Å². The van der Waals surface area contributed by atoms with E-state index in [0.717, 1.165) is 44.5 Å². The summed E-state index contributed by atoms with van der Waals surface area (Å²) in [6.07, 6.45) is 6.96. The number of rotatable bonds is 4. The van der Waals surface area contributed by atoms with Crippen LogP contribution in [0.25, 0.3) is 0 Å². The minimum atomic E-state index is -0.323. The molecule has 1 saturated carbocycles. The second kappa shape index (κ2) is 7.03. The second-order valence-corrected chi connectivity index (χ2v) is 8.15. The fourth-order valence-corrected chi connectivity index (χ4v) is 4.89. The smallest absolute Gasteiger partial charge is 0.240 e. The molecular formula is C21H29N3O2. The molecule has 0 bridgehead atoms. The molecule has 3 fully saturated rings. The first-order valence-electron chi connectivity index (χ1n) is 10.0. The number of carbonyl (C=O) groups is 2. The quantitative estimate of drug-likeness (QED) is 0.903. The largest absolute Gasteiger partial charge is 0.349 e. The van der Waals surface area contributed by atoms with Crippen molar-refractivity contribution in [3.63, 3.8) is 0 Å². The fourth-order valence-electron chi connectivity index (χ4n) is 4.89. The standard InChI is InChI=1S/C21H29N3O2/c1-16-6-8-18(9-7-16)24-15-17(14-19(24)25)22-20(26)21(10-2-3-11-21)23-12-4-5-13-23/h6-9,17H,2-5,10-15H2,1H3,(H,22,26). The molecule has 0 radical (unpaired) electrons. The van der Waals surface area contributed by atoms with Crippen LogP contribution in [-0.2, 0) is 9.59 Å². The lowest BCUT2D eigenvalue weighted by molar-refractivity contribution is -0.133. The number of amides is 2. The van der Waals surface area contributed by atoms with Gasteiger partial charge in [-0.05, 0) is 57.8 Å². The van der Waals surface area contributed by atoms with Crippen LogP contribution in [-0.4, -0.2) is 47.9 Å². The summed E-state index contributed by atoms with van der Waals surface area (Å²) in [7, 11) is 0. The summed E-state index contributed by atoms with van der Waals surface area (Å²) in [5.74, 6) is 0.251. The third kappa shape index (κ3) is 3.13. The van der Waals surface area contributed by atoms with Gasteiger partial charge in [-0.1, -0.05) is 30.5 Å². The van der Waals surface area contributed by atoms with Gasteiger partial charge in [0.25, 0.3) is 0 Å². The number of benzene rings is 1. The lowest BCUT2D eigenvalue weighted by atomic mass is 9.93. The summed E-state index contributed by atoms with van der Waals surface area (Å²) in [4.78, 5) is 29.9. The molecule has 2 heterocycles. The Kier molecular flexibility index (Phi) is 4.74. The van der Waals surface area contributed by atoms with Gasteiger partial charge in [-0.2, -0.15) is 0 Å². The summed E-state index contributed by atoms with van der Waals surface area (Å²) in [5.41, 5.74) is 1.78. The number of hydrogen-bond donors (Lipinski definition) is 1. The van der Waals surface area contributed by atoms with Crippen molar-refractivity contribution in [1.29, 1.82) is 0 Å². The number of anilines is 1. The van der Waals surface area contributed by atoms with Crippen LogP contribution in [0, 0.1) is 6.92 Å². The van der Waals surface area contributed by atoms with Crippen LogP contribution in [0.15, 0.2) is 24.3 Å². The number of nitrogens with one attached hydrogen (secondary N) is 1. The summed E-state index contributed by atoms with van der Waals surface area (Å²) in [6, 6.07) is 7.93. The van der Waals surface area contributed by atoms with Crippen molar-refractivity contribution >= 4 is 17.5 Å². The first-order valence-corrected chi connectivity index (χ1v) is 10.0. The first-order chi connectivity index (χ1) is 12.6. The molecule has 26 heavy (non-hydrogen) atoms. The molecule has 5 heteroatoms. The highest BCUT2D eigenvalue weighted by Crippen LogP contribution is 2.38. The fraction of sp³-hybridized carbons (Fsp3) is 0.619. The average Bonchev–Trinajstić information content (AvgIpc) is 3.36. The van der Waals surface area contributed by atoms with Crippen LogP contribution in [0.5, 0.6) is 0 Å². The molecule has 1 aromatic carbocycles. The maximum Gasteiger partial charge on any atom is 0.240 e. The number of nitrogens with zero attached hydrogens (tertiary/aromatic N) is 2. The summed E-state index contributed by atoms with van der Waals surface area (Å²) < 4.78 is 0. The third-order valence-corrected chi connectivity index (χ3v) is 6.37. The predicted octanol–water partition coefficient (Wildman–Crippen LogP) is 2.63. The van der Waals surface area contributed by atoms with Crippen molar-refractivity contribution < 1.29 is 9.59 Å². The van der Waals surface area contributed by atoms with E-state index in [4.69, 9.17) is 0 Å². The van der Waals surface area contributed by atoms with E-state index in [1.165, 1.54) is 18.4 Å². The minimum Gasteiger partial charge on any atom is -0.349 e. The van der Waals surface area contributed by atoms with Crippen LogP contribution in [0.2, 0.25) is 0 Å². The number of likely N-dealkylation sites (tertiary alicyclic amines) is 1. The number of carbonyl (C=O) groups excluding carboxylic acids is 2. The second-order valence-electron chi connectivity index (χ2n) is 8.15. The Morgan fingerprint density at radius 1 is 1.08 bits per heavy atom. The number of aryl methyl sites for hydroxylation is 1. The van der Waals surface area contributed by atoms with Crippen molar-refractivity contribution in [1.82, 2.24) is 10.2 Å². The average molecular weight is 355 g/mol. The Balaban J connectivity index is 1.44. The van der Waals surface area contributed by atoms with Gasteiger partial charge in [0.1, 0.15) is 5.54 Å². The topological polar surface area (TPSA) is 52.7 Å². The Hall–Kier alpha value is -1.88. The van der Waals surface area contributed by atoms with Crippen LogP contribution in [0.1, 0.15) is 50.5 Å². The molecule has 5 nitrogen and oxygen atoms in total. The van der Waals surface area contributed by atoms with Crippen molar-refractivity contribution in [2.45, 2.75) is 63.5 Å². The predicted molar refractivity (Wildman–Crippen MR) is 102 cm³/mol. The summed E-state index contributed by atoms with van der Waals surface area (Å²) in [5, 5.41) is 3.24. The molecule has 2 aliphatic heterocycles. The van der Waals surface area contributed by atoms with Crippen molar-refractivity contribution in [3.8, 4) is 0 Å². The van der Waals surface area contributed by atoms with Gasteiger partial charge < -0.3 is 10.2 Å². The maximum absolute atomic E-state index is 13.2.